The fraction of sp³-hybridized carbons (Fsp3) is 0.474. The zero-order valence-electron chi connectivity index (χ0n) is 13.0. The highest BCUT2D eigenvalue weighted by Gasteiger charge is 2.41. The van der Waals surface area contributed by atoms with Crippen LogP contribution in [0.5, 0.6) is 0 Å². The molecule has 2 unspecified atom stereocenters. The quantitative estimate of drug-likeness (QED) is 0.848. The number of hydrogen-bond donors (Lipinski definition) is 0. The third-order valence-electron chi connectivity index (χ3n) is 5.48. The van der Waals surface area contributed by atoms with Crippen LogP contribution in [-0.2, 0) is 11.2 Å². The Hall–Kier alpha value is -1.90. The second-order valence-electron chi connectivity index (χ2n) is 6.87. The first-order valence-electron chi connectivity index (χ1n) is 8.33. The maximum absolute atomic E-state index is 11.8. The number of carbonyl (C=O) groups excluding carboxylic acids is 1. The summed E-state index contributed by atoms with van der Waals surface area (Å²) in [5.74, 6) is 0.958. The van der Waals surface area contributed by atoms with Crippen LogP contribution in [0, 0.1) is 5.92 Å². The van der Waals surface area contributed by atoms with Crippen molar-refractivity contribution in [3.63, 3.8) is 0 Å². The molecule has 1 amide bonds. The van der Waals surface area contributed by atoms with Crippen LogP contribution in [-0.4, -0.2) is 27.9 Å². The van der Waals surface area contributed by atoms with Crippen molar-refractivity contribution >= 4 is 16.7 Å². The molecule has 0 N–H and O–H groups in total. The number of carbonyl (C=O) groups is 1. The van der Waals surface area contributed by atoms with Crippen LogP contribution in [0.25, 0.3) is 10.8 Å². The van der Waals surface area contributed by atoms with Crippen LogP contribution in [0.1, 0.15) is 38.2 Å². The molecule has 0 spiro atoms. The van der Waals surface area contributed by atoms with E-state index in [1.807, 2.05) is 12.4 Å². The Labute approximate surface area is 131 Å². The lowest BCUT2D eigenvalue weighted by molar-refractivity contribution is -0.133. The highest BCUT2D eigenvalue weighted by atomic mass is 16.2. The zero-order chi connectivity index (χ0) is 15.1. The second-order valence-corrected chi connectivity index (χ2v) is 6.87. The first-order valence-corrected chi connectivity index (χ1v) is 8.33. The van der Waals surface area contributed by atoms with Crippen LogP contribution in [0.15, 0.2) is 36.7 Å². The van der Waals surface area contributed by atoms with Gasteiger partial charge in [0, 0.05) is 36.8 Å². The SMILES string of the molecule is CC(=O)N1C2CCC1CC(Cc1cccc3ccncc13)C2. The van der Waals surface area contributed by atoms with Crippen molar-refractivity contribution in [2.45, 2.75) is 51.1 Å². The molecule has 3 heteroatoms. The minimum atomic E-state index is 0.264. The topological polar surface area (TPSA) is 33.2 Å². The standard InChI is InChI=1S/C19H22N2O/c1-13(22)21-17-5-6-18(21)11-14(10-17)9-16-4-2-3-15-7-8-20-12-19(15)16/h2-4,7-8,12,14,17-18H,5-6,9-11H2,1H3. The molecule has 2 aliphatic rings. The molecule has 4 rings (SSSR count). The first kappa shape index (κ1) is 13.7. The highest BCUT2D eigenvalue weighted by Crippen LogP contribution is 2.40. The fourth-order valence-corrected chi connectivity index (χ4v) is 4.64. The smallest absolute Gasteiger partial charge is 0.219 e. The van der Waals surface area contributed by atoms with Gasteiger partial charge in [-0.1, -0.05) is 18.2 Å². The first-order chi connectivity index (χ1) is 10.7. The average Bonchev–Trinajstić information content (AvgIpc) is 2.80. The van der Waals surface area contributed by atoms with Gasteiger partial charge in [0.15, 0.2) is 0 Å². The Bertz CT molecular complexity index is 692. The number of fused-ring (bicyclic) bond motifs is 3. The van der Waals surface area contributed by atoms with E-state index in [0.717, 1.165) is 19.3 Å². The van der Waals surface area contributed by atoms with Gasteiger partial charge >= 0.3 is 0 Å². The summed E-state index contributed by atoms with van der Waals surface area (Å²) in [6, 6.07) is 9.59. The number of nitrogens with zero attached hydrogens (tertiary/aromatic N) is 2. The average molecular weight is 294 g/mol. The Morgan fingerprint density at radius 1 is 1.23 bits per heavy atom. The molecule has 3 heterocycles. The van der Waals surface area contributed by atoms with Gasteiger partial charge in [-0.25, -0.2) is 0 Å². The molecular weight excluding hydrogens is 272 g/mol. The minimum absolute atomic E-state index is 0.264. The summed E-state index contributed by atoms with van der Waals surface area (Å²) in [5, 5.41) is 2.56. The summed E-state index contributed by atoms with van der Waals surface area (Å²) >= 11 is 0. The molecule has 2 saturated heterocycles. The number of amides is 1. The molecule has 2 aliphatic heterocycles. The van der Waals surface area contributed by atoms with Gasteiger partial charge in [-0.05, 0) is 55.0 Å². The summed E-state index contributed by atoms with van der Waals surface area (Å²) in [4.78, 5) is 18.3. The molecular formula is C19H22N2O. The summed E-state index contributed by atoms with van der Waals surface area (Å²) in [7, 11) is 0. The molecule has 1 aromatic heterocycles. The number of piperidine rings is 1. The minimum Gasteiger partial charge on any atom is -0.337 e. The molecule has 2 atom stereocenters. The lowest BCUT2D eigenvalue weighted by Gasteiger charge is -2.38. The Balaban J connectivity index is 1.56. The van der Waals surface area contributed by atoms with E-state index in [0.29, 0.717) is 18.0 Å². The molecule has 1 aromatic carbocycles. The zero-order valence-corrected chi connectivity index (χ0v) is 13.0. The van der Waals surface area contributed by atoms with Crippen molar-refractivity contribution in [2.24, 2.45) is 5.92 Å². The van der Waals surface area contributed by atoms with Gasteiger partial charge in [-0.15, -0.1) is 0 Å². The molecule has 0 aliphatic carbocycles. The Kier molecular flexibility index (Phi) is 3.36. The van der Waals surface area contributed by atoms with E-state index in [1.165, 1.54) is 29.2 Å². The van der Waals surface area contributed by atoms with Crippen molar-refractivity contribution in [3.8, 4) is 0 Å². The molecule has 2 aromatic rings. The van der Waals surface area contributed by atoms with E-state index in [1.54, 1.807) is 6.92 Å². The van der Waals surface area contributed by atoms with Gasteiger partial charge in [-0.3, -0.25) is 9.78 Å². The molecule has 0 radical (unpaired) electrons. The van der Waals surface area contributed by atoms with E-state index in [9.17, 15) is 4.79 Å². The summed E-state index contributed by atoms with van der Waals surface area (Å²) in [5.41, 5.74) is 1.41. The monoisotopic (exact) mass is 294 g/mol. The number of rotatable bonds is 2. The Morgan fingerprint density at radius 3 is 2.73 bits per heavy atom. The summed E-state index contributed by atoms with van der Waals surface area (Å²) in [6.07, 6.45) is 9.67. The van der Waals surface area contributed by atoms with Crippen molar-refractivity contribution in [3.05, 3.63) is 42.2 Å². The summed E-state index contributed by atoms with van der Waals surface area (Å²) < 4.78 is 0. The molecule has 2 bridgehead atoms. The van der Waals surface area contributed by atoms with Crippen molar-refractivity contribution < 1.29 is 4.79 Å². The van der Waals surface area contributed by atoms with Gasteiger partial charge in [0.25, 0.3) is 0 Å². The molecule has 114 valence electrons. The number of aromatic nitrogens is 1. The number of hydrogen-bond acceptors (Lipinski definition) is 2. The Morgan fingerprint density at radius 2 is 2.00 bits per heavy atom. The van der Waals surface area contributed by atoms with E-state index < -0.39 is 0 Å². The van der Waals surface area contributed by atoms with Gasteiger partial charge < -0.3 is 4.90 Å². The summed E-state index contributed by atoms with van der Waals surface area (Å²) in [6.45, 7) is 1.72. The van der Waals surface area contributed by atoms with Crippen LogP contribution >= 0.6 is 0 Å². The van der Waals surface area contributed by atoms with Gasteiger partial charge in [0.1, 0.15) is 0 Å². The lowest BCUT2D eigenvalue weighted by atomic mass is 9.85. The van der Waals surface area contributed by atoms with Crippen molar-refractivity contribution in [1.82, 2.24) is 9.88 Å². The molecule has 3 nitrogen and oxygen atoms in total. The number of pyridine rings is 1. The fourth-order valence-electron chi connectivity index (χ4n) is 4.64. The lowest BCUT2D eigenvalue weighted by Crippen LogP contribution is -2.45. The largest absolute Gasteiger partial charge is 0.337 e. The van der Waals surface area contributed by atoms with Crippen LogP contribution in [0.4, 0.5) is 0 Å². The van der Waals surface area contributed by atoms with E-state index in [2.05, 4.69) is 34.1 Å². The third kappa shape index (κ3) is 2.29. The van der Waals surface area contributed by atoms with Crippen molar-refractivity contribution in [2.75, 3.05) is 0 Å². The molecule has 0 saturated carbocycles. The molecule has 2 fully saturated rings. The van der Waals surface area contributed by atoms with Crippen molar-refractivity contribution in [1.29, 1.82) is 0 Å². The second kappa shape index (κ2) is 5.38. The van der Waals surface area contributed by atoms with E-state index in [4.69, 9.17) is 0 Å². The molecule has 22 heavy (non-hydrogen) atoms. The van der Waals surface area contributed by atoms with Gasteiger partial charge in [-0.2, -0.15) is 0 Å². The van der Waals surface area contributed by atoms with Gasteiger partial charge in [0.2, 0.25) is 5.91 Å². The number of benzene rings is 1. The van der Waals surface area contributed by atoms with Crippen LogP contribution in [0.2, 0.25) is 0 Å². The van der Waals surface area contributed by atoms with Crippen LogP contribution in [0.3, 0.4) is 0 Å². The third-order valence-corrected chi connectivity index (χ3v) is 5.48. The van der Waals surface area contributed by atoms with Crippen LogP contribution < -0.4 is 0 Å². The maximum Gasteiger partial charge on any atom is 0.219 e. The predicted molar refractivity (Wildman–Crippen MR) is 87.5 cm³/mol. The van der Waals surface area contributed by atoms with E-state index in [-0.39, 0.29) is 5.91 Å². The van der Waals surface area contributed by atoms with E-state index >= 15 is 0 Å². The maximum atomic E-state index is 11.8. The highest BCUT2D eigenvalue weighted by molar-refractivity contribution is 5.84. The normalized spacial score (nSPS) is 27.3. The predicted octanol–water partition coefficient (Wildman–Crippen LogP) is 3.57. The van der Waals surface area contributed by atoms with Gasteiger partial charge in [0.05, 0.1) is 0 Å².